The lowest BCUT2D eigenvalue weighted by Crippen LogP contribution is -2.68. The first-order valence-electron chi connectivity index (χ1n) is 26.8. The summed E-state index contributed by atoms with van der Waals surface area (Å²) in [7, 11) is 0. The summed E-state index contributed by atoms with van der Waals surface area (Å²) >= 11 is 0. The first kappa shape index (κ1) is 48.4. The molecule has 2 saturated heterocycles. The van der Waals surface area contributed by atoms with Gasteiger partial charge in [-0.3, -0.25) is 14.5 Å². The number of nitrogens with zero attached hydrogens (tertiary/aromatic N) is 2. The van der Waals surface area contributed by atoms with Crippen LogP contribution in [0.5, 0.6) is 0 Å². The molecule has 0 N–H and O–H groups in total. The second kappa shape index (κ2) is 18.0. The van der Waals surface area contributed by atoms with Gasteiger partial charge in [-0.05, 0) is 171 Å². The molecule has 7 saturated carbocycles. The lowest BCUT2D eigenvalue weighted by Gasteiger charge is -2.73. The second-order valence-electron chi connectivity index (χ2n) is 25.8. The molecule has 9 heteroatoms. The van der Waals surface area contributed by atoms with Crippen molar-refractivity contribution in [2.75, 3.05) is 52.5 Å². The van der Waals surface area contributed by atoms with Crippen molar-refractivity contribution < 1.29 is 33.4 Å². The Hall–Kier alpha value is -2.58. The van der Waals surface area contributed by atoms with Gasteiger partial charge in [-0.2, -0.15) is 9.59 Å². The zero-order valence-electron chi connectivity index (χ0n) is 42.3. The van der Waals surface area contributed by atoms with Gasteiger partial charge in [-0.1, -0.05) is 85.7 Å². The quantitative estimate of drug-likeness (QED) is 0.214. The fraction of sp³-hybridized carbons (Fsp3) is 0.842. The van der Waals surface area contributed by atoms with Crippen molar-refractivity contribution >= 4 is 18.0 Å². The van der Waals surface area contributed by atoms with Crippen LogP contribution in [-0.2, 0) is 39.8 Å². The number of benzene rings is 1. The average molecular weight is 911 g/mol. The molecule has 1 aromatic carbocycles. The zero-order chi connectivity index (χ0) is 46.9. The number of rotatable bonds is 10. The van der Waals surface area contributed by atoms with E-state index in [1.807, 2.05) is 0 Å². The molecule has 2 aliphatic heterocycles. The minimum absolute atomic E-state index is 0.0144. The van der Waals surface area contributed by atoms with E-state index in [0.29, 0.717) is 46.8 Å². The number of amides is 1. The summed E-state index contributed by atoms with van der Waals surface area (Å²) in [6.45, 7) is 27.5. The van der Waals surface area contributed by atoms with E-state index in [2.05, 4.69) is 95.5 Å². The number of likely N-dealkylation sites (tertiary alicyclic amines) is 1. The molecule has 2 heterocycles. The van der Waals surface area contributed by atoms with E-state index in [0.717, 1.165) is 104 Å². The second-order valence-corrected chi connectivity index (χ2v) is 25.8. The maximum atomic E-state index is 15.4. The molecule has 10 rings (SSSR count). The molecule has 9 fully saturated rings. The number of morpholine rings is 1. The van der Waals surface area contributed by atoms with Gasteiger partial charge in [0.25, 0.3) is 0 Å². The fourth-order valence-electron chi connectivity index (χ4n) is 18.1. The zero-order valence-corrected chi connectivity index (χ0v) is 42.3. The van der Waals surface area contributed by atoms with Gasteiger partial charge in [0.05, 0.1) is 37.3 Å². The summed E-state index contributed by atoms with van der Waals surface area (Å²) in [4.78, 5) is 50.5. The molecule has 12 atom stereocenters. The van der Waals surface area contributed by atoms with Crippen LogP contribution in [0.15, 0.2) is 30.3 Å². The highest BCUT2D eigenvalue weighted by Crippen LogP contribution is 2.79. The highest BCUT2D eigenvalue weighted by atomic mass is 16.5. The minimum Gasteiger partial charge on any atom is -0.462 e. The van der Waals surface area contributed by atoms with Crippen LogP contribution >= 0.6 is 0 Å². The number of esters is 1. The van der Waals surface area contributed by atoms with E-state index >= 15 is 4.79 Å². The van der Waals surface area contributed by atoms with Gasteiger partial charge in [0.1, 0.15) is 6.10 Å². The Bertz CT molecular complexity index is 1940. The lowest BCUT2D eigenvalue weighted by atomic mass is 9.32. The average Bonchev–Trinajstić information content (AvgIpc) is 3.91. The molecule has 0 bridgehead atoms. The number of ether oxygens (including phenoxy) is 3. The van der Waals surface area contributed by atoms with Gasteiger partial charge in [0.2, 0.25) is 5.91 Å². The summed E-state index contributed by atoms with van der Waals surface area (Å²) in [6, 6.07) is 10.8. The number of carbonyl (C=O) groups is 2. The Morgan fingerprint density at radius 2 is 1.41 bits per heavy atom. The summed E-state index contributed by atoms with van der Waals surface area (Å²) < 4.78 is 18.7. The molecule has 66 heavy (non-hydrogen) atoms. The molecule has 1 amide bonds. The van der Waals surface area contributed by atoms with Crippen LogP contribution in [0.2, 0.25) is 0 Å². The van der Waals surface area contributed by atoms with E-state index in [4.69, 9.17) is 23.8 Å². The van der Waals surface area contributed by atoms with Crippen LogP contribution in [0.3, 0.4) is 0 Å². The van der Waals surface area contributed by atoms with Gasteiger partial charge >= 0.3 is 12.1 Å². The number of hydrogen-bond donors (Lipinski definition) is 0. The molecule has 9 aliphatic rings. The van der Waals surface area contributed by atoms with Crippen molar-refractivity contribution in [2.45, 2.75) is 170 Å². The maximum absolute atomic E-state index is 15.4. The van der Waals surface area contributed by atoms with Crippen LogP contribution in [-0.4, -0.2) is 92.6 Å². The normalized spacial score (nSPS) is 42.1. The Labute approximate surface area is 398 Å². The smallest absolute Gasteiger partial charge is 0.373 e. The topological polar surface area (TPSA) is 102 Å². The third-order valence-electron chi connectivity index (χ3n) is 22.7. The molecule has 9 nitrogen and oxygen atoms in total. The van der Waals surface area contributed by atoms with E-state index in [1.165, 1.54) is 56.9 Å². The van der Waals surface area contributed by atoms with Gasteiger partial charge < -0.3 is 19.1 Å². The molecule has 0 radical (unpaired) electrons. The van der Waals surface area contributed by atoms with Crippen LogP contribution in [0.25, 0.3) is 0 Å². The molecule has 0 spiro atoms. The van der Waals surface area contributed by atoms with E-state index in [1.54, 1.807) is 0 Å². The van der Waals surface area contributed by atoms with Crippen molar-refractivity contribution in [3.05, 3.63) is 35.9 Å². The molecular weight excluding hydrogens is 825 g/mol. The SMILES string of the molecule is CC1([C@@H]2CC[C@]3(C(=O)N4CCC(OCCN5CCOCC5)CC4)CC[C@]4(C)[C@H](CC[C@@H]5[C@@]6(C)CC[C@H](OC(=O)[C@H]7C[C@@H](Cc8ccccc8)C7(C)C)C(C)(C)[C@@H]6CC[C@]54C)[C@@H]23)CC1.O=C=O. The van der Waals surface area contributed by atoms with Gasteiger partial charge in [0, 0.05) is 38.1 Å². The number of hydrogen-bond acceptors (Lipinski definition) is 8. The monoisotopic (exact) mass is 911 g/mol. The summed E-state index contributed by atoms with van der Waals surface area (Å²) in [5.74, 6) is 4.09. The van der Waals surface area contributed by atoms with E-state index in [-0.39, 0.29) is 62.7 Å². The Kier molecular flexibility index (Phi) is 13.2. The van der Waals surface area contributed by atoms with Crippen molar-refractivity contribution in [1.29, 1.82) is 0 Å². The van der Waals surface area contributed by atoms with Crippen molar-refractivity contribution in [3.63, 3.8) is 0 Å². The first-order chi connectivity index (χ1) is 31.4. The van der Waals surface area contributed by atoms with Gasteiger partial charge in [-0.15, -0.1) is 0 Å². The van der Waals surface area contributed by atoms with Crippen molar-refractivity contribution in [1.82, 2.24) is 9.80 Å². The third-order valence-corrected chi connectivity index (χ3v) is 22.7. The molecule has 1 aromatic rings. The Morgan fingerprint density at radius 3 is 2.08 bits per heavy atom. The van der Waals surface area contributed by atoms with E-state index in [9.17, 15) is 4.79 Å². The van der Waals surface area contributed by atoms with Gasteiger partial charge in [0.15, 0.2) is 0 Å². The van der Waals surface area contributed by atoms with Crippen LogP contribution < -0.4 is 0 Å². The number of piperidine rings is 1. The largest absolute Gasteiger partial charge is 0.462 e. The molecule has 366 valence electrons. The molecular formula is C57H86N2O7. The van der Waals surface area contributed by atoms with Crippen LogP contribution in [0.1, 0.15) is 157 Å². The molecule has 0 aromatic heterocycles. The highest BCUT2D eigenvalue weighted by molar-refractivity contribution is 5.84. The Morgan fingerprint density at radius 1 is 0.712 bits per heavy atom. The standard InChI is InChI=1S/C56H86N2O5.CO2/c1-50(2)39(36-38-12-10-9-11-13-38)37-43(50)48(59)63-46-18-21-53(6)44(51(46,3)4)17-22-55(8)45(53)15-14-42-47-41(52(5)24-25-52)16-23-56(47,27-26-54(42,55)7)49(60)58-28-19-40(20-29-58)62-35-32-57-30-33-61-34-31-57;2-1-3/h9-13,39-47H,14-37H2,1-8H3;/t39-,41-,42-,43-,44+,45-,46+,47-,53+,54-,55-,56+;/m1./s1. The first-order valence-corrected chi connectivity index (χ1v) is 26.8. The Balaban J connectivity index is 0.00000178. The summed E-state index contributed by atoms with van der Waals surface area (Å²) in [5.41, 5.74) is 2.19. The molecule has 7 aliphatic carbocycles. The molecule has 0 unspecified atom stereocenters. The maximum Gasteiger partial charge on any atom is 0.373 e. The van der Waals surface area contributed by atoms with E-state index < -0.39 is 0 Å². The third kappa shape index (κ3) is 8.00. The predicted octanol–water partition coefficient (Wildman–Crippen LogP) is 10.4. The van der Waals surface area contributed by atoms with Crippen molar-refractivity contribution in [3.8, 4) is 0 Å². The van der Waals surface area contributed by atoms with Crippen molar-refractivity contribution in [2.24, 2.45) is 79.3 Å². The van der Waals surface area contributed by atoms with Gasteiger partial charge in [-0.25, -0.2) is 0 Å². The summed E-state index contributed by atoms with van der Waals surface area (Å²) in [5, 5.41) is 0. The number of fused-ring (bicyclic) bond motifs is 7. The summed E-state index contributed by atoms with van der Waals surface area (Å²) in [6.07, 6.45) is 19.0. The lowest BCUT2D eigenvalue weighted by molar-refractivity contribution is -0.253. The predicted molar refractivity (Wildman–Crippen MR) is 255 cm³/mol. The van der Waals surface area contributed by atoms with Crippen LogP contribution in [0, 0.1) is 79.3 Å². The minimum atomic E-state index is -0.185. The number of carbonyl (C=O) groups excluding carboxylic acids is 4. The van der Waals surface area contributed by atoms with Crippen LogP contribution in [0.4, 0.5) is 0 Å². The highest BCUT2D eigenvalue weighted by Gasteiger charge is 2.74. The fourth-order valence-corrected chi connectivity index (χ4v) is 18.1.